The van der Waals surface area contributed by atoms with E-state index in [0.29, 0.717) is 10.7 Å². The summed E-state index contributed by atoms with van der Waals surface area (Å²) in [6, 6.07) is 13.3. The van der Waals surface area contributed by atoms with Gasteiger partial charge in [-0.1, -0.05) is 29.4 Å². The van der Waals surface area contributed by atoms with Crippen LogP contribution < -0.4 is 0 Å². The molecule has 2 rings (SSSR count). The largest absolute Gasteiger partial charge is 0.341 e. The molecule has 0 radical (unpaired) electrons. The van der Waals surface area contributed by atoms with Gasteiger partial charge < -0.3 is 4.98 Å². The number of halogens is 1. The molecule has 0 saturated carbocycles. The molecule has 0 aliphatic heterocycles. The molecule has 0 bridgehead atoms. The van der Waals surface area contributed by atoms with E-state index in [1.165, 1.54) is 0 Å². The fourth-order valence-corrected chi connectivity index (χ4v) is 2.30. The van der Waals surface area contributed by atoms with Crippen molar-refractivity contribution in [2.75, 3.05) is 0 Å². The van der Waals surface area contributed by atoms with E-state index in [9.17, 15) is 0 Å². The first-order chi connectivity index (χ1) is 7.28. The van der Waals surface area contributed by atoms with Gasteiger partial charge in [0.2, 0.25) is 0 Å². The summed E-state index contributed by atoms with van der Waals surface area (Å²) in [6.07, 6.45) is 0. The maximum Gasteiger partial charge on any atom is 0.118 e. The second kappa shape index (κ2) is 4.43. The Bertz CT molecular complexity index is 513. The summed E-state index contributed by atoms with van der Waals surface area (Å²) in [6.45, 7) is 0. The quantitative estimate of drug-likeness (QED) is 0.861. The maximum atomic E-state index is 8.65. The molecule has 1 aromatic heterocycles. The van der Waals surface area contributed by atoms with Gasteiger partial charge in [-0.15, -0.1) is 0 Å². The molecule has 0 fully saturated rings. The molecule has 0 aliphatic carbocycles. The number of benzene rings is 1. The van der Waals surface area contributed by atoms with E-state index in [4.69, 9.17) is 16.9 Å². The van der Waals surface area contributed by atoms with E-state index in [1.54, 1.807) is 17.8 Å². The second-order valence-corrected chi connectivity index (χ2v) is 4.46. The van der Waals surface area contributed by atoms with E-state index in [-0.39, 0.29) is 0 Å². The third-order valence-corrected chi connectivity index (χ3v) is 2.99. The van der Waals surface area contributed by atoms with Gasteiger partial charge in [0.1, 0.15) is 11.8 Å². The van der Waals surface area contributed by atoms with Crippen LogP contribution in [-0.2, 0) is 0 Å². The SMILES string of the molecule is N#Cc1ccc(Sc2cccc(Cl)c2)[nH]1. The number of hydrogen-bond donors (Lipinski definition) is 1. The van der Waals surface area contributed by atoms with Gasteiger partial charge in [0, 0.05) is 9.92 Å². The maximum absolute atomic E-state index is 8.65. The van der Waals surface area contributed by atoms with Gasteiger partial charge in [-0.2, -0.15) is 5.26 Å². The zero-order valence-electron chi connectivity index (χ0n) is 7.70. The minimum absolute atomic E-state index is 0.569. The van der Waals surface area contributed by atoms with Crippen molar-refractivity contribution >= 4 is 23.4 Å². The van der Waals surface area contributed by atoms with Crippen LogP contribution >= 0.6 is 23.4 Å². The molecule has 2 nitrogen and oxygen atoms in total. The minimum atomic E-state index is 0.569. The molecule has 0 atom stereocenters. The number of nitriles is 1. The Morgan fingerprint density at radius 1 is 1.27 bits per heavy atom. The molecular formula is C11H7ClN2S. The summed E-state index contributed by atoms with van der Waals surface area (Å²) in [5.41, 5.74) is 0.569. The minimum Gasteiger partial charge on any atom is -0.341 e. The summed E-state index contributed by atoms with van der Waals surface area (Å²) in [4.78, 5) is 4.04. The molecule has 1 heterocycles. The number of aromatic nitrogens is 1. The fraction of sp³-hybridized carbons (Fsp3) is 0. The summed E-state index contributed by atoms with van der Waals surface area (Å²) >= 11 is 7.41. The highest BCUT2D eigenvalue weighted by Crippen LogP contribution is 2.28. The first-order valence-electron chi connectivity index (χ1n) is 4.30. The normalized spacial score (nSPS) is 9.87. The Morgan fingerprint density at radius 2 is 2.13 bits per heavy atom. The highest BCUT2D eigenvalue weighted by Gasteiger charge is 2.00. The summed E-state index contributed by atoms with van der Waals surface area (Å²) in [7, 11) is 0. The van der Waals surface area contributed by atoms with Crippen LogP contribution in [0.15, 0.2) is 46.3 Å². The van der Waals surface area contributed by atoms with Gasteiger partial charge in [-0.05, 0) is 30.3 Å². The van der Waals surface area contributed by atoms with E-state index in [2.05, 4.69) is 4.98 Å². The van der Waals surface area contributed by atoms with Crippen LogP contribution in [0.2, 0.25) is 5.02 Å². The number of nitrogens with zero attached hydrogens (tertiary/aromatic N) is 1. The molecule has 0 unspecified atom stereocenters. The lowest BCUT2D eigenvalue weighted by molar-refractivity contribution is 1.17. The molecule has 1 N–H and O–H groups in total. The molecular weight excluding hydrogens is 228 g/mol. The molecule has 0 saturated heterocycles. The highest BCUT2D eigenvalue weighted by atomic mass is 35.5. The number of nitrogens with one attached hydrogen (secondary N) is 1. The van der Waals surface area contributed by atoms with Gasteiger partial charge in [-0.3, -0.25) is 0 Å². The van der Waals surface area contributed by atoms with Crippen molar-refractivity contribution in [3.63, 3.8) is 0 Å². The number of aromatic amines is 1. The Morgan fingerprint density at radius 3 is 2.80 bits per heavy atom. The summed E-state index contributed by atoms with van der Waals surface area (Å²) in [5.74, 6) is 0. The summed E-state index contributed by atoms with van der Waals surface area (Å²) in [5, 5.41) is 10.3. The Hall–Kier alpha value is -1.37. The Balaban J connectivity index is 2.19. The molecule has 0 amide bonds. The highest BCUT2D eigenvalue weighted by molar-refractivity contribution is 7.99. The van der Waals surface area contributed by atoms with Crippen LogP contribution in [0.25, 0.3) is 0 Å². The molecule has 15 heavy (non-hydrogen) atoms. The molecule has 0 aliphatic rings. The zero-order valence-corrected chi connectivity index (χ0v) is 9.27. The molecule has 2 aromatic rings. The number of hydrogen-bond acceptors (Lipinski definition) is 2. The first kappa shape index (κ1) is 10.2. The van der Waals surface area contributed by atoms with Crippen molar-refractivity contribution in [3.8, 4) is 6.07 Å². The number of H-pyrrole nitrogens is 1. The Labute approximate surface area is 96.9 Å². The van der Waals surface area contributed by atoms with Crippen LogP contribution in [-0.4, -0.2) is 4.98 Å². The van der Waals surface area contributed by atoms with E-state index in [1.807, 2.05) is 36.4 Å². The van der Waals surface area contributed by atoms with Crippen LogP contribution in [0.5, 0.6) is 0 Å². The van der Waals surface area contributed by atoms with Crippen molar-refractivity contribution in [2.45, 2.75) is 9.92 Å². The van der Waals surface area contributed by atoms with Crippen molar-refractivity contribution in [1.29, 1.82) is 5.26 Å². The molecule has 1 aromatic carbocycles. The smallest absolute Gasteiger partial charge is 0.118 e. The van der Waals surface area contributed by atoms with Crippen LogP contribution in [0.3, 0.4) is 0 Å². The van der Waals surface area contributed by atoms with Crippen molar-refractivity contribution in [3.05, 3.63) is 47.1 Å². The van der Waals surface area contributed by atoms with E-state index in [0.717, 1.165) is 9.92 Å². The van der Waals surface area contributed by atoms with Crippen LogP contribution in [0.4, 0.5) is 0 Å². The topological polar surface area (TPSA) is 39.6 Å². The molecule has 4 heteroatoms. The average molecular weight is 235 g/mol. The van der Waals surface area contributed by atoms with E-state index < -0.39 is 0 Å². The predicted molar refractivity (Wildman–Crippen MR) is 61.1 cm³/mol. The van der Waals surface area contributed by atoms with Gasteiger partial charge >= 0.3 is 0 Å². The van der Waals surface area contributed by atoms with Crippen LogP contribution in [0, 0.1) is 11.3 Å². The molecule has 0 spiro atoms. The third kappa shape index (κ3) is 2.56. The van der Waals surface area contributed by atoms with Gasteiger partial charge in [0.15, 0.2) is 0 Å². The van der Waals surface area contributed by atoms with Crippen molar-refractivity contribution in [1.82, 2.24) is 4.98 Å². The van der Waals surface area contributed by atoms with Gasteiger partial charge in [0.05, 0.1) is 5.03 Å². The van der Waals surface area contributed by atoms with Gasteiger partial charge in [0.25, 0.3) is 0 Å². The standard InChI is InChI=1S/C11H7ClN2S/c12-8-2-1-3-10(6-8)15-11-5-4-9(7-13)14-11/h1-6,14H. The van der Waals surface area contributed by atoms with Crippen molar-refractivity contribution in [2.24, 2.45) is 0 Å². The number of rotatable bonds is 2. The first-order valence-corrected chi connectivity index (χ1v) is 5.50. The lowest BCUT2D eigenvalue weighted by Crippen LogP contribution is -1.75. The lowest BCUT2D eigenvalue weighted by atomic mass is 10.4. The van der Waals surface area contributed by atoms with E-state index >= 15 is 0 Å². The zero-order chi connectivity index (χ0) is 10.7. The fourth-order valence-electron chi connectivity index (χ4n) is 1.16. The second-order valence-electron chi connectivity index (χ2n) is 2.91. The molecule has 74 valence electrons. The summed E-state index contributed by atoms with van der Waals surface area (Å²) < 4.78 is 0. The average Bonchev–Trinajstić information content (AvgIpc) is 2.65. The van der Waals surface area contributed by atoms with Gasteiger partial charge in [-0.25, -0.2) is 0 Å². The monoisotopic (exact) mass is 234 g/mol. The lowest BCUT2D eigenvalue weighted by Gasteiger charge is -1.98. The van der Waals surface area contributed by atoms with Crippen LogP contribution in [0.1, 0.15) is 5.69 Å². The Kier molecular flexibility index (Phi) is 3.00. The predicted octanol–water partition coefficient (Wildman–Crippen LogP) is 3.69. The van der Waals surface area contributed by atoms with Crippen molar-refractivity contribution < 1.29 is 0 Å². The third-order valence-electron chi connectivity index (χ3n) is 1.80.